The van der Waals surface area contributed by atoms with E-state index in [2.05, 4.69) is 31.1 Å². The summed E-state index contributed by atoms with van der Waals surface area (Å²) < 4.78 is 0.900. The van der Waals surface area contributed by atoms with E-state index >= 15 is 0 Å². The molecule has 0 aromatic carbocycles. The predicted molar refractivity (Wildman–Crippen MR) is 86.0 cm³/mol. The van der Waals surface area contributed by atoms with Crippen molar-refractivity contribution in [1.29, 1.82) is 0 Å². The van der Waals surface area contributed by atoms with E-state index in [0.717, 1.165) is 36.9 Å². The number of nitrogens with two attached hydrogens (primary N) is 1. The molecule has 1 aliphatic rings. The molecule has 1 aromatic rings. The zero-order valence-corrected chi connectivity index (χ0v) is 13.6. The van der Waals surface area contributed by atoms with Crippen LogP contribution in [0.1, 0.15) is 12.8 Å². The first-order chi connectivity index (χ1) is 9.19. The van der Waals surface area contributed by atoms with E-state index in [1.165, 1.54) is 0 Å². The summed E-state index contributed by atoms with van der Waals surface area (Å²) >= 11 is 3.32. The second kappa shape index (κ2) is 8.56. The molecule has 0 radical (unpaired) electrons. The molecular formula is C13H20BrClN4O. The summed E-state index contributed by atoms with van der Waals surface area (Å²) in [6.07, 6.45) is 3.66. The number of likely N-dealkylation sites (tertiary alicyclic amines) is 1. The molecule has 7 heteroatoms. The molecule has 0 aliphatic carbocycles. The van der Waals surface area contributed by atoms with Crippen molar-refractivity contribution in [2.24, 2.45) is 11.7 Å². The summed E-state index contributed by atoms with van der Waals surface area (Å²) in [6.45, 7) is 3.33. The topological polar surface area (TPSA) is 71.2 Å². The first kappa shape index (κ1) is 17.4. The lowest BCUT2D eigenvalue weighted by molar-refractivity contribution is -0.121. The van der Waals surface area contributed by atoms with E-state index < -0.39 is 0 Å². The molecule has 2 heterocycles. The lowest BCUT2D eigenvalue weighted by Crippen LogP contribution is -2.42. The van der Waals surface area contributed by atoms with Crippen molar-refractivity contribution in [3.63, 3.8) is 0 Å². The summed E-state index contributed by atoms with van der Waals surface area (Å²) in [7, 11) is 0. The fourth-order valence-electron chi connectivity index (χ4n) is 2.33. The summed E-state index contributed by atoms with van der Waals surface area (Å²) in [6, 6.07) is 3.66. The lowest BCUT2D eigenvalue weighted by atomic mass is 9.97. The van der Waals surface area contributed by atoms with Crippen LogP contribution in [-0.4, -0.2) is 42.0 Å². The van der Waals surface area contributed by atoms with Crippen LogP contribution in [0, 0.1) is 5.92 Å². The summed E-state index contributed by atoms with van der Waals surface area (Å²) in [5, 5.41) is 2.87. The van der Waals surface area contributed by atoms with Gasteiger partial charge in [0.25, 0.3) is 0 Å². The van der Waals surface area contributed by atoms with Gasteiger partial charge in [-0.2, -0.15) is 0 Å². The highest BCUT2D eigenvalue weighted by atomic mass is 79.9. The fourth-order valence-corrected chi connectivity index (χ4v) is 2.57. The highest BCUT2D eigenvalue weighted by molar-refractivity contribution is 9.10. The number of hydrogen-bond donors (Lipinski definition) is 2. The zero-order valence-electron chi connectivity index (χ0n) is 11.2. The molecule has 3 N–H and O–H groups in total. The van der Waals surface area contributed by atoms with Crippen LogP contribution >= 0.6 is 28.3 Å². The highest BCUT2D eigenvalue weighted by Crippen LogP contribution is 2.18. The quantitative estimate of drug-likeness (QED) is 0.857. The van der Waals surface area contributed by atoms with Gasteiger partial charge in [0.1, 0.15) is 5.82 Å². The van der Waals surface area contributed by atoms with Crippen molar-refractivity contribution < 1.29 is 4.79 Å². The number of anilines is 1. The first-order valence-electron chi connectivity index (χ1n) is 6.54. The molecule has 1 aromatic heterocycles. The number of nitrogens with zero attached hydrogens (tertiary/aromatic N) is 2. The maximum absolute atomic E-state index is 12.2. The van der Waals surface area contributed by atoms with Gasteiger partial charge in [0, 0.05) is 30.3 Å². The monoisotopic (exact) mass is 362 g/mol. The highest BCUT2D eigenvalue weighted by Gasteiger charge is 2.25. The van der Waals surface area contributed by atoms with Crippen LogP contribution in [0.15, 0.2) is 22.8 Å². The van der Waals surface area contributed by atoms with Gasteiger partial charge in [0.05, 0.1) is 5.92 Å². The Morgan fingerprint density at radius 1 is 1.55 bits per heavy atom. The van der Waals surface area contributed by atoms with Crippen molar-refractivity contribution in [1.82, 2.24) is 9.88 Å². The molecule has 1 fully saturated rings. The third-order valence-corrected chi connectivity index (χ3v) is 3.77. The Bertz CT molecular complexity index is 427. The van der Waals surface area contributed by atoms with E-state index in [1.807, 2.05) is 6.07 Å². The van der Waals surface area contributed by atoms with Gasteiger partial charge in [0.2, 0.25) is 5.91 Å². The molecule has 5 nitrogen and oxygen atoms in total. The molecule has 0 bridgehead atoms. The van der Waals surface area contributed by atoms with Crippen molar-refractivity contribution >= 4 is 40.1 Å². The van der Waals surface area contributed by atoms with E-state index in [9.17, 15) is 4.79 Å². The standard InChI is InChI=1S/C13H19BrN4O.ClH/c14-11-3-4-12(16-8-11)17-13(19)10-2-1-6-18(9-10)7-5-15;/h3-4,8,10H,1-2,5-7,9,15H2,(H,16,17,19);1H. The van der Waals surface area contributed by atoms with Gasteiger partial charge >= 0.3 is 0 Å². The molecule has 112 valence electrons. The second-order valence-electron chi connectivity index (χ2n) is 4.78. The third kappa shape index (κ3) is 5.01. The molecular weight excluding hydrogens is 344 g/mol. The van der Waals surface area contributed by atoms with Crippen LogP contribution < -0.4 is 11.1 Å². The lowest BCUT2D eigenvalue weighted by Gasteiger charge is -2.31. The van der Waals surface area contributed by atoms with Crippen LogP contribution in [0.2, 0.25) is 0 Å². The third-order valence-electron chi connectivity index (χ3n) is 3.30. The number of hydrogen-bond acceptors (Lipinski definition) is 4. The Balaban J connectivity index is 0.00000200. The maximum Gasteiger partial charge on any atom is 0.229 e. The molecule has 2 rings (SSSR count). The van der Waals surface area contributed by atoms with Gasteiger partial charge in [-0.1, -0.05) is 0 Å². The largest absolute Gasteiger partial charge is 0.329 e. The number of carbonyl (C=O) groups is 1. The Morgan fingerprint density at radius 2 is 2.35 bits per heavy atom. The summed E-state index contributed by atoms with van der Waals surface area (Å²) in [5.41, 5.74) is 5.56. The van der Waals surface area contributed by atoms with E-state index in [1.54, 1.807) is 12.3 Å². The number of rotatable bonds is 4. The van der Waals surface area contributed by atoms with Crippen LogP contribution in [0.25, 0.3) is 0 Å². The molecule has 1 aliphatic heterocycles. The zero-order chi connectivity index (χ0) is 13.7. The predicted octanol–water partition coefficient (Wildman–Crippen LogP) is 1.88. The molecule has 1 amide bonds. The second-order valence-corrected chi connectivity index (χ2v) is 5.70. The number of aromatic nitrogens is 1. The minimum Gasteiger partial charge on any atom is -0.329 e. The summed E-state index contributed by atoms with van der Waals surface area (Å²) in [4.78, 5) is 18.6. The van der Waals surface area contributed by atoms with Crippen LogP contribution in [0.3, 0.4) is 0 Å². The van der Waals surface area contributed by atoms with Gasteiger partial charge in [-0.3, -0.25) is 4.79 Å². The Labute approximate surface area is 133 Å². The van der Waals surface area contributed by atoms with E-state index in [-0.39, 0.29) is 24.2 Å². The van der Waals surface area contributed by atoms with Crippen molar-refractivity contribution in [3.05, 3.63) is 22.8 Å². The average Bonchev–Trinajstić information content (AvgIpc) is 2.42. The van der Waals surface area contributed by atoms with E-state index in [4.69, 9.17) is 5.73 Å². The number of amides is 1. The van der Waals surface area contributed by atoms with Gasteiger partial charge in [-0.25, -0.2) is 4.98 Å². The van der Waals surface area contributed by atoms with Crippen LogP contribution in [0.4, 0.5) is 5.82 Å². The molecule has 0 spiro atoms. The number of nitrogens with one attached hydrogen (secondary N) is 1. The summed E-state index contributed by atoms with van der Waals surface area (Å²) in [5.74, 6) is 0.687. The number of halogens is 2. The number of carbonyl (C=O) groups excluding carboxylic acids is 1. The van der Waals surface area contributed by atoms with Crippen molar-refractivity contribution in [2.45, 2.75) is 12.8 Å². The molecule has 1 atom stereocenters. The molecule has 1 saturated heterocycles. The first-order valence-corrected chi connectivity index (χ1v) is 7.33. The minimum atomic E-state index is 0. The fraction of sp³-hybridized carbons (Fsp3) is 0.538. The molecule has 20 heavy (non-hydrogen) atoms. The maximum atomic E-state index is 12.2. The molecule has 1 unspecified atom stereocenters. The van der Waals surface area contributed by atoms with Gasteiger partial charge in [-0.05, 0) is 47.4 Å². The Morgan fingerprint density at radius 3 is 3.00 bits per heavy atom. The Hall–Kier alpha value is -0.690. The van der Waals surface area contributed by atoms with Crippen molar-refractivity contribution in [3.8, 4) is 0 Å². The molecule has 0 saturated carbocycles. The van der Waals surface area contributed by atoms with E-state index in [0.29, 0.717) is 12.4 Å². The smallest absolute Gasteiger partial charge is 0.229 e. The normalized spacial score (nSPS) is 19.2. The number of piperidine rings is 1. The van der Waals surface area contributed by atoms with Crippen molar-refractivity contribution in [2.75, 3.05) is 31.5 Å². The van der Waals surface area contributed by atoms with Crippen LogP contribution in [-0.2, 0) is 4.79 Å². The average molecular weight is 364 g/mol. The Kier molecular flexibility index (Phi) is 7.43. The van der Waals surface area contributed by atoms with Crippen LogP contribution in [0.5, 0.6) is 0 Å². The van der Waals surface area contributed by atoms with Gasteiger partial charge in [-0.15, -0.1) is 12.4 Å². The van der Waals surface area contributed by atoms with Gasteiger partial charge < -0.3 is 16.0 Å². The minimum absolute atomic E-state index is 0. The number of pyridine rings is 1. The SMILES string of the molecule is Cl.NCCN1CCCC(C(=O)Nc2ccc(Br)cn2)C1. The van der Waals surface area contributed by atoms with Gasteiger partial charge in [0.15, 0.2) is 0 Å².